The van der Waals surface area contributed by atoms with Crippen molar-refractivity contribution in [1.29, 1.82) is 0 Å². The minimum atomic E-state index is 0.533. The van der Waals surface area contributed by atoms with Gasteiger partial charge in [-0.05, 0) is 39.3 Å². The largest absolute Gasteiger partial charge is 0.298 e. The quantitative estimate of drug-likeness (QED) is 0.818. The second-order valence-electron chi connectivity index (χ2n) is 5.97. The van der Waals surface area contributed by atoms with Crippen molar-refractivity contribution < 1.29 is 0 Å². The fourth-order valence-electron chi connectivity index (χ4n) is 3.14. The first-order valence-corrected chi connectivity index (χ1v) is 7.66. The van der Waals surface area contributed by atoms with Crippen LogP contribution in [0.3, 0.4) is 0 Å². The van der Waals surface area contributed by atoms with Gasteiger partial charge in [0, 0.05) is 31.7 Å². The van der Waals surface area contributed by atoms with Crippen molar-refractivity contribution in [2.75, 3.05) is 26.2 Å². The highest BCUT2D eigenvalue weighted by Gasteiger charge is 2.26. The Kier molecular flexibility index (Phi) is 5.00. The number of benzene rings is 1. The van der Waals surface area contributed by atoms with Gasteiger partial charge in [0.15, 0.2) is 0 Å². The van der Waals surface area contributed by atoms with Crippen molar-refractivity contribution in [3.63, 3.8) is 0 Å². The van der Waals surface area contributed by atoms with E-state index in [4.69, 9.17) is 0 Å². The lowest BCUT2D eigenvalue weighted by atomic mass is 10.0. The minimum Gasteiger partial charge on any atom is -0.298 e. The number of hydrogen-bond donors (Lipinski definition) is 0. The van der Waals surface area contributed by atoms with Crippen LogP contribution in [0.15, 0.2) is 24.3 Å². The van der Waals surface area contributed by atoms with Crippen LogP contribution in [0, 0.1) is 6.92 Å². The molecule has 1 aromatic rings. The lowest BCUT2D eigenvalue weighted by molar-refractivity contribution is 0.0600. The lowest BCUT2D eigenvalue weighted by Gasteiger charge is -2.42. The van der Waals surface area contributed by atoms with Gasteiger partial charge in [-0.1, -0.05) is 36.8 Å². The summed E-state index contributed by atoms with van der Waals surface area (Å²) in [6, 6.07) is 10.2. The van der Waals surface area contributed by atoms with Crippen LogP contribution in [0.5, 0.6) is 0 Å². The molecule has 1 aliphatic heterocycles. The highest BCUT2D eigenvalue weighted by Crippen LogP contribution is 2.24. The van der Waals surface area contributed by atoms with Gasteiger partial charge < -0.3 is 0 Å². The van der Waals surface area contributed by atoms with Crippen molar-refractivity contribution in [3.05, 3.63) is 35.4 Å². The fourth-order valence-corrected chi connectivity index (χ4v) is 3.14. The molecule has 0 amide bonds. The SMILES string of the molecule is CCCN1CCN([C@@H](C)c2cccc(C)c2)C[C@H]1C. The fraction of sp³-hybridized carbons (Fsp3) is 0.647. The molecule has 1 fully saturated rings. The van der Waals surface area contributed by atoms with Gasteiger partial charge in [-0.3, -0.25) is 9.80 Å². The summed E-state index contributed by atoms with van der Waals surface area (Å²) in [5.74, 6) is 0. The average molecular weight is 260 g/mol. The molecule has 0 bridgehead atoms. The van der Waals surface area contributed by atoms with Crippen LogP contribution < -0.4 is 0 Å². The number of aryl methyl sites for hydroxylation is 1. The second kappa shape index (κ2) is 6.53. The first kappa shape index (κ1) is 14.5. The molecule has 2 nitrogen and oxygen atoms in total. The molecule has 0 aliphatic carbocycles. The Morgan fingerprint density at radius 2 is 2.11 bits per heavy atom. The molecule has 2 atom stereocenters. The predicted octanol–water partition coefficient (Wildman–Crippen LogP) is 3.47. The van der Waals surface area contributed by atoms with Crippen LogP contribution in [0.4, 0.5) is 0 Å². The van der Waals surface area contributed by atoms with Crippen LogP contribution in [0.2, 0.25) is 0 Å². The molecule has 2 heteroatoms. The number of rotatable bonds is 4. The number of hydrogen-bond acceptors (Lipinski definition) is 2. The standard InChI is InChI=1S/C17H28N2/c1-5-9-18-10-11-19(13-15(18)3)16(4)17-8-6-7-14(2)12-17/h6-8,12,15-16H,5,9-11,13H2,1-4H3/t15-,16+/m1/s1. The molecule has 1 aromatic carbocycles. The number of nitrogens with zero attached hydrogens (tertiary/aromatic N) is 2. The summed E-state index contributed by atoms with van der Waals surface area (Å²) < 4.78 is 0. The summed E-state index contributed by atoms with van der Waals surface area (Å²) in [6.45, 7) is 14.0. The van der Waals surface area contributed by atoms with E-state index in [1.165, 1.54) is 43.7 Å². The molecule has 0 spiro atoms. The van der Waals surface area contributed by atoms with E-state index >= 15 is 0 Å². The molecule has 0 radical (unpaired) electrons. The number of piperazine rings is 1. The summed E-state index contributed by atoms with van der Waals surface area (Å²) in [5, 5.41) is 0. The van der Waals surface area contributed by atoms with Crippen molar-refractivity contribution in [1.82, 2.24) is 9.80 Å². The second-order valence-corrected chi connectivity index (χ2v) is 5.97. The normalized spacial score (nSPS) is 23.5. The maximum Gasteiger partial charge on any atom is 0.0321 e. The van der Waals surface area contributed by atoms with E-state index < -0.39 is 0 Å². The van der Waals surface area contributed by atoms with E-state index in [0.29, 0.717) is 12.1 Å². The van der Waals surface area contributed by atoms with Crippen molar-refractivity contribution >= 4 is 0 Å². The van der Waals surface area contributed by atoms with E-state index in [0.717, 1.165) is 0 Å². The highest BCUT2D eigenvalue weighted by molar-refractivity contribution is 5.24. The minimum absolute atomic E-state index is 0.533. The van der Waals surface area contributed by atoms with E-state index in [1.54, 1.807) is 0 Å². The smallest absolute Gasteiger partial charge is 0.0321 e. The molecule has 1 aliphatic rings. The molecular formula is C17H28N2. The third kappa shape index (κ3) is 3.58. The van der Waals surface area contributed by atoms with E-state index in [2.05, 4.69) is 61.8 Å². The third-order valence-corrected chi connectivity index (χ3v) is 4.38. The zero-order valence-corrected chi connectivity index (χ0v) is 12.9. The first-order valence-electron chi connectivity index (χ1n) is 7.66. The van der Waals surface area contributed by atoms with E-state index in [1.807, 2.05) is 0 Å². The van der Waals surface area contributed by atoms with Gasteiger partial charge in [0.1, 0.15) is 0 Å². The summed E-state index contributed by atoms with van der Waals surface area (Å²) >= 11 is 0. The molecule has 0 saturated carbocycles. The van der Waals surface area contributed by atoms with E-state index in [-0.39, 0.29) is 0 Å². The summed E-state index contributed by atoms with van der Waals surface area (Å²) in [6.07, 6.45) is 1.26. The molecule has 1 heterocycles. The Morgan fingerprint density at radius 1 is 1.32 bits per heavy atom. The highest BCUT2D eigenvalue weighted by atomic mass is 15.3. The molecule has 2 rings (SSSR count). The average Bonchev–Trinajstić information content (AvgIpc) is 2.40. The van der Waals surface area contributed by atoms with Crippen molar-refractivity contribution in [2.24, 2.45) is 0 Å². The van der Waals surface area contributed by atoms with Crippen LogP contribution in [-0.4, -0.2) is 42.0 Å². The van der Waals surface area contributed by atoms with Gasteiger partial charge in [-0.2, -0.15) is 0 Å². The topological polar surface area (TPSA) is 6.48 Å². The maximum atomic E-state index is 2.63. The Bertz CT molecular complexity index is 402. The van der Waals surface area contributed by atoms with Crippen LogP contribution in [-0.2, 0) is 0 Å². The Morgan fingerprint density at radius 3 is 2.74 bits per heavy atom. The Hall–Kier alpha value is -0.860. The van der Waals surface area contributed by atoms with Crippen molar-refractivity contribution in [3.8, 4) is 0 Å². The van der Waals surface area contributed by atoms with Gasteiger partial charge in [-0.25, -0.2) is 0 Å². The lowest BCUT2D eigenvalue weighted by Crippen LogP contribution is -2.52. The monoisotopic (exact) mass is 260 g/mol. The molecule has 0 aromatic heterocycles. The predicted molar refractivity (Wildman–Crippen MR) is 82.5 cm³/mol. The van der Waals surface area contributed by atoms with Crippen molar-refractivity contribution in [2.45, 2.75) is 46.2 Å². The van der Waals surface area contributed by atoms with Gasteiger partial charge in [-0.15, -0.1) is 0 Å². The van der Waals surface area contributed by atoms with Gasteiger partial charge >= 0.3 is 0 Å². The maximum absolute atomic E-state index is 2.63. The molecule has 0 unspecified atom stereocenters. The third-order valence-electron chi connectivity index (χ3n) is 4.38. The summed E-state index contributed by atoms with van der Waals surface area (Å²) in [5.41, 5.74) is 2.82. The Labute approximate surface area is 118 Å². The first-order chi connectivity index (χ1) is 9.11. The summed E-state index contributed by atoms with van der Waals surface area (Å²) in [4.78, 5) is 5.26. The van der Waals surface area contributed by atoms with Crippen LogP contribution in [0.25, 0.3) is 0 Å². The molecule has 106 valence electrons. The van der Waals surface area contributed by atoms with E-state index in [9.17, 15) is 0 Å². The van der Waals surface area contributed by atoms with Gasteiger partial charge in [0.05, 0.1) is 0 Å². The summed E-state index contributed by atoms with van der Waals surface area (Å²) in [7, 11) is 0. The molecule has 19 heavy (non-hydrogen) atoms. The molecular weight excluding hydrogens is 232 g/mol. The molecule has 1 saturated heterocycles. The van der Waals surface area contributed by atoms with Crippen LogP contribution >= 0.6 is 0 Å². The zero-order valence-electron chi connectivity index (χ0n) is 12.9. The van der Waals surface area contributed by atoms with Gasteiger partial charge in [0.25, 0.3) is 0 Å². The van der Waals surface area contributed by atoms with Gasteiger partial charge in [0.2, 0.25) is 0 Å². The Balaban J connectivity index is 2.00. The zero-order chi connectivity index (χ0) is 13.8. The molecule has 0 N–H and O–H groups in total. The van der Waals surface area contributed by atoms with Crippen LogP contribution in [0.1, 0.15) is 44.4 Å².